The molecule has 0 atom stereocenters. The van der Waals surface area contributed by atoms with Gasteiger partial charge in [0.25, 0.3) is 0 Å². The summed E-state index contributed by atoms with van der Waals surface area (Å²) in [4.78, 5) is 0. The molecule has 1 aromatic rings. The van der Waals surface area contributed by atoms with Gasteiger partial charge in [0.15, 0.2) is 0 Å². The van der Waals surface area contributed by atoms with Crippen LogP contribution in [0.4, 0.5) is 5.69 Å². The largest absolute Gasteiger partial charge is 0.397 e. The zero-order chi connectivity index (χ0) is 9.30. The lowest BCUT2D eigenvalue weighted by Gasteiger charge is -2.11. The molecule has 64 valence electrons. The minimum atomic E-state index is 0.289. The molecular weight excluding hydrogens is 150 g/mol. The van der Waals surface area contributed by atoms with E-state index in [4.69, 9.17) is 11.0 Å². The number of rotatable bonds is 1. The van der Waals surface area contributed by atoms with Crippen LogP contribution >= 0.6 is 0 Å². The van der Waals surface area contributed by atoms with Gasteiger partial charge >= 0.3 is 0 Å². The molecule has 1 rings (SSSR count). The zero-order valence-corrected chi connectivity index (χ0v) is 7.63. The Kier molecular flexibility index (Phi) is 2.09. The van der Waals surface area contributed by atoms with Crippen molar-refractivity contribution in [2.75, 3.05) is 5.73 Å². The van der Waals surface area contributed by atoms with Crippen molar-refractivity contribution < 1.29 is 0 Å². The average molecular weight is 163 g/mol. The number of hydrogen-bond acceptors (Lipinski definition) is 2. The highest BCUT2D eigenvalue weighted by atomic mass is 15.0. The van der Waals surface area contributed by atoms with E-state index in [-0.39, 0.29) is 6.04 Å². The summed E-state index contributed by atoms with van der Waals surface area (Å²) >= 11 is 0. The van der Waals surface area contributed by atoms with Crippen molar-refractivity contribution in [2.24, 2.45) is 0 Å². The first-order valence-corrected chi connectivity index (χ1v) is 3.95. The van der Waals surface area contributed by atoms with Gasteiger partial charge in [-0.25, -0.2) is 0 Å². The molecule has 0 radical (unpaired) electrons. The first kappa shape index (κ1) is 8.66. The van der Waals surface area contributed by atoms with Gasteiger partial charge in [-0.3, -0.25) is 0 Å². The van der Waals surface area contributed by atoms with E-state index in [0.29, 0.717) is 11.4 Å². The topological polar surface area (TPSA) is 54.7 Å². The van der Waals surface area contributed by atoms with E-state index < -0.39 is 0 Å². The summed E-state index contributed by atoms with van der Waals surface area (Å²) in [6.07, 6.45) is 0. The maximum absolute atomic E-state index is 8.78. The third-order valence-corrected chi connectivity index (χ3v) is 1.96. The molecule has 1 heterocycles. The van der Waals surface area contributed by atoms with Crippen LogP contribution in [0.3, 0.4) is 0 Å². The van der Waals surface area contributed by atoms with Crippen LogP contribution in [-0.4, -0.2) is 4.57 Å². The molecule has 3 heteroatoms. The van der Waals surface area contributed by atoms with Gasteiger partial charge in [-0.2, -0.15) is 5.26 Å². The van der Waals surface area contributed by atoms with Gasteiger partial charge in [0, 0.05) is 11.7 Å². The maximum atomic E-state index is 8.78. The summed E-state index contributed by atoms with van der Waals surface area (Å²) in [5.74, 6) is 0. The average Bonchev–Trinajstić information content (AvgIpc) is 2.28. The van der Waals surface area contributed by atoms with E-state index in [1.807, 2.05) is 25.3 Å². The molecule has 0 aliphatic heterocycles. The summed E-state index contributed by atoms with van der Waals surface area (Å²) in [6, 6.07) is 4.13. The van der Waals surface area contributed by atoms with E-state index in [2.05, 4.69) is 6.07 Å². The normalized spacial score (nSPS) is 10.2. The van der Waals surface area contributed by atoms with Crippen molar-refractivity contribution in [1.82, 2.24) is 4.57 Å². The monoisotopic (exact) mass is 163 g/mol. The molecule has 0 fully saturated rings. The number of aromatic nitrogens is 1. The Labute approximate surface area is 72.4 Å². The van der Waals surface area contributed by atoms with Crippen molar-refractivity contribution in [2.45, 2.75) is 26.8 Å². The molecule has 0 aromatic carbocycles. The highest BCUT2D eigenvalue weighted by molar-refractivity contribution is 5.50. The van der Waals surface area contributed by atoms with Crippen LogP contribution in [0.25, 0.3) is 0 Å². The van der Waals surface area contributed by atoms with Gasteiger partial charge in [0.1, 0.15) is 11.8 Å². The summed E-state index contributed by atoms with van der Waals surface area (Å²) in [5.41, 5.74) is 7.99. The number of hydrogen-bond donors (Lipinski definition) is 1. The number of anilines is 1. The van der Waals surface area contributed by atoms with Crippen molar-refractivity contribution in [3.05, 3.63) is 17.5 Å². The molecule has 0 aliphatic carbocycles. The third-order valence-electron chi connectivity index (χ3n) is 1.96. The van der Waals surface area contributed by atoms with Crippen LogP contribution in [-0.2, 0) is 0 Å². The fourth-order valence-corrected chi connectivity index (χ4v) is 1.39. The van der Waals surface area contributed by atoms with E-state index in [1.54, 1.807) is 6.07 Å². The van der Waals surface area contributed by atoms with Crippen LogP contribution in [0.5, 0.6) is 0 Å². The molecular formula is C9H13N3. The molecule has 0 aliphatic rings. The fourth-order valence-electron chi connectivity index (χ4n) is 1.39. The molecule has 12 heavy (non-hydrogen) atoms. The fraction of sp³-hybridized carbons (Fsp3) is 0.444. The number of nitrogens with zero attached hydrogens (tertiary/aromatic N) is 2. The zero-order valence-electron chi connectivity index (χ0n) is 7.63. The molecule has 0 unspecified atom stereocenters. The Hall–Kier alpha value is -1.43. The second-order valence-corrected chi connectivity index (χ2v) is 3.15. The molecule has 0 bridgehead atoms. The third kappa shape index (κ3) is 1.16. The minimum Gasteiger partial charge on any atom is -0.397 e. The quantitative estimate of drug-likeness (QED) is 0.686. The van der Waals surface area contributed by atoms with E-state index in [1.165, 1.54) is 0 Å². The van der Waals surface area contributed by atoms with Crippen molar-refractivity contribution >= 4 is 5.69 Å². The summed E-state index contributed by atoms with van der Waals surface area (Å²) in [5, 5.41) is 8.78. The van der Waals surface area contributed by atoms with Crippen molar-refractivity contribution in [3.63, 3.8) is 0 Å². The summed E-state index contributed by atoms with van der Waals surface area (Å²) in [6.45, 7) is 6.00. The molecule has 0 saturated heterocycles. The Morgan fingerprint density at radius 3 is 2.50 bits per heavy atom. The lowest BCUT2D eigenvalue weighted by atomic mass is 10.3. The number of nitrogen functional groups attached to an aromatic ring is 1. The van der Waals surface area contributed by atoms with Gasteiger partial charge in [-0.1, -0.05) is 0 Å². The highest BCUT2D eigenvalue weighted by Gasteiger charge is 2.10. The van der Waals surface area contributed by atoms with E-state index in [9.17, 15) is 0 Å². The predicted molar refractivity (Wildman–Crippen MR) is 48.7 cm³/mol. The predicted octanol–water partition coefficient (Wildman–Crippen LogP) is 1.83. The standard InChI is InChI=1S/C9H13N3/c1-6(2)12-7(3)9(11)4-8(12)5-10/h4,6H,11H2,1-3H3. The second kappa shape index (κ2) is 2.90. The van der Waals surface area contributed by atoms with Gasteiger partial charge < -0.3 is 10.3 Å². The van der Waals surface area contributed by atoms with Gasteiger partial charge in [-0.05, 0) is 26.8 Å². The molecule has 0 spiro atoms. The van der Waals surface area contributed by atoms with Crippen LogP contribution in [0.15, 0.2) is 6.07 Å². The molecule has 0 saturated carbocycles. The highest BCUT2D eigenvalue weighted by Crippen LogP contribution is 2.21. The Balaban J connectivity index is 3.34. The van der Waals surface area contributed by atoms with E-state index >= 15 is 0 Å². The molecule has 0 amide bonds. The molecule has 3 nitrogen and oxygen atoms in total. The molecule has 2 N–H and O–H groups in total. The van der Waals surface area contributed by atoms with Crippen LogP contribution < -0.4 is 5.73 Å². The van der Waals surface area contributed by atoms with Crippen molar-refractivity contribution in [1.29, 1.82) is 5.26 Å². The van der Waals surface area contributed by atoms with Crippen LogP contribution in [0, 0.1) is 18.3 Å². The summed E-state index contributed by atoms with van der Waals surface area (Å²) < 4.78 is 1.94. The minimum absolute atomic E-state index is 0.289. The first-order chi connectivity index (χ1) is 5.57. The maximum Gasteiger partial charge on any atom is 0.122 e. The van der Waals surface area contributed by atoms with Crippen LogP contribution in [0.1, 0.15) is 31.3 Å². The number of nitriles is 1. The smallest absolute Gasteiger partial charge is 0.122 e. The van der Waals surface area contributed by atoms with Gasteiger partial charge in [0.2, 0.25) is 0 Å². The lowest BCUT2D eigenvalue weighted by molar-refractivity contribution is 0.583. The Bertz CT molecular complexity index is 328. The van der Waals surface area contributed by atoms with E-state index in [0.717, 1.165) is 5.69 Å². The SMILES string of the molecule is Cc1c(N)cc(C#N)n1C(C)C. The van der Waals surface area contributed by atoms with Gasteiger partial charge in [0.05, 0.1) is 5.69 Å². The lowest BCUT2D eigenvalue weighted by Crippen LogP contribution is -2.05. The van der Waals surface area contributed by atoms with Crippen LogP contribution in [0.2, 0.25) is 0 Å². The van der Waals surface area contributed by atoms with Gasteiger partial charge in [-0.15, -0.1) is 0 Å². The number of nitrogens with two attached hydrogens (primary N) is 1. The Morgan fingerprint density at radius 1 is 1.58 bits per heavy atom. The van der Waals surface area contributed by atoms with Crippen molar-refractivity contribution in [3.8, 4) is 6.07 Å². The Morgan fingerprint density at radius 2 is 2.17 bits per heavy atom. The second-order valence-electron chi connectivity index (χ2n) is 3.15. The first-order valence-electron chi connectivity index (χ1n) is 3.95. The molecule has 1 aromatic heterocycles. The summed E-state index contributed by atoms with van der Waals surface area (Å²) in [7, 11) is 0.